The Kier molecular flexibility index (Phi) is 4.40. The standard InChI is InChI=1S/C16H16N6O3/c1-10-6-15(19-13-5-3-4-12(7-13)11(2)23)20-16(18-10)21-9-14(8-17-21)22(24)25/h3-9,11,23H,1-2H3,(H,18,19,20). The van der Waals surface area contributed by atoms with Crippen LogP contribution in [0, 0.1) is 17.0 Å². The Morgan fingerprint density at radius 2 is 2.12 bits per heavy atom. The Labute approximate surface area is 143 Å². The molecule has 0 saturated heterocycles. The van der Waals surface area contributed by atoms with Crippen LogP contribution in [0.4, 0.5) is 17.2 Å². The molecule has 1 atom stereocenters. The number of nitrogens with zero attached hydrogens (tertiary/aromatic N) is 5. The van der Waals surface area contributed by atoms with Crippen molar-refractivity contribution in [1.29, 1.82) is 0 Å². The molecule has 9 nitrogen and oxygen atoms in total. The van der Waals surface area contributed by atoms with Crippen LogP contribution in [0.5, 0.6) is 0 Å². The van der Waals surface area contributed by atoms with Crippen LogP contribution in [-0.4, -0.2) is 29.8 Å². The third-order valence-electron chi connectivity index (χ3n) is 3.47. The molecule has 0 spiro atoms. The Balaban J connectivity index is 1.91. The molecule has 1 unspecified atom stereocenters. The number of aromatic nitrogens is 4. The quantitative estimate of drug-likeness (QED) is 0.541. The van der Waals surface area contributed by atoms with Crippen molar-refractivity contribution >= 4 is 17.2 Å². The molecule has 3 rings (SSSR count). The van der Waals surface area contributed by atoms with Gasteiger partial charge >= 0.3 is 5.69 Å². The van der Waals surface area contributed by atoms with E-state index in [2.05, 4.69) is 20.4 Å². The van der Waals surface area contributed by atoms with Crippen molar-refractivity contribution in [2.75, 3.05) is 5.32 Å². The monoisotopic (exact) mass is 340 g/mol. The maximum Gasteiger partial charge on any atom is 0.307 e. The van der Waals surface area contributed by atoms with Crippen LogP contribution in [0.1, 0.15) is 24.3 Å². The highest BCUT2D eigenvalue weighted by molar-refractivity contribution is 5.58. The first-order valence-corrected chi connectivity index (χ1v) is 7.52. The highest BCUT2D eigenvalue weighted by Gasteiger charge is 2.13. The van der Waals surface area contributed by atoms with Crippen molar-refractivity contribution in [2.24, 2.45) is 0 Å². The summed E-state index contributed by atoms with van der Waals surface area (Å²) in [6.45, 7) is 3.48. The van der Waals surface area contributed by atoms with E-state index in [1.165, 1.54) is 10.9 Å². The summed E-state index contributed by atoms with van der Waals surface area (Å²) in [5.41, 5.74) is 2.08. The fraction of sp³-hybridized carbons (Fsp3) is 0.188. The lowest BCUT2D eigenvalue weighted by Gasteiger charge is -2.11. The second-order valence-electron chi connectivity index (χ2n) is 5.52. The Bertz CT molecular complexity index is 922. The first-order chi connectivity index (χ1) is 11.9. The van der Waals surface area contributed by atoms with Crippen molar-refractivity contribution in [1.82, 2.24) is 19.7 Å². The molecule has 0 aliphatic carbocycles. The highest BCUT2D eigenvalue weighted by atomic mass is 16.6. The fourth-order valence-electron chi connectivity index (χ4n) is 2.26. The van der Waals surface area contributed by atoms with Gasteiger partial charge in [0.2, 0.25) is 0 Å². The SMILES string of the molecule is Cc1cc(Nc2cccc(C(C)O)c2)nc(-n2cc([N+](=O)[O-])cn2)n1. The van der Waals surface area contributed by atoms with Gasteiger partial charge in [0.15, 0.2) is 0 Å². The Morgan fingerprint density at radius 1 is 1.32 bits per heavy atom. The molecule has 2 heterocycles. The zero-order valence-electron chi connectivity index (χ0n) is 13.6. The summed E-state index contributed by atoms with van der Waals surface area (Å²) in [4.78, 5) is 18.8. The third kappa shape index (κ3) is 3.78. The molecule has 0 fully saturated rings. The van der Waals surface area contributed by atoms with E-state index >= 15 is 0 Å². The van der Waals surface area contributed by atoms with Gasteiger partial charge in [-0.25, -0.2) is 4.98 Å². The molecule has 25 heavy (non-hydrogen) atoms. The minimum absolute atomic E-state index is 0.135. The Hall–Kier alpha value is -3.33. The molecule has 2 aromatic heterocycles. The lowest BCUT2D eigenvalue weighted by molar-refractivity contribution is -0.384. The summed E-state index contributed by atoms with van der Waals surface area (Å²) in [7, 11) is 0. The van der Waals surface area contributed by atoms with Crippen LogP contribution >= 0.6 is 0 Å². The number of nitrogens with one attached hydrogen (secondary N) is 1. The van der Waals surface area contributed by atoms with Crippen LogP contribution in [0.25, 0.3) is 5.95 Å². The predicted octanol–water partition coefficient (Wildman–Crippen LogP) is 2.68. The number of aryl methyl sites for hydroxylation is 1. The predicted molar refractivity (Wildman–Crippen MR) is 90.9 cm³/mol. The molecular formula is C16H16N6O3. The van der Waals surface area contributed by atoms with Gasteiger partial charge in [-0.15, -0.1) is 0 Å². The van der Waals surface area contributed by atoms with Gasteiger partial charge in [0, 0.05) is 17.4 Å². The van der Waals surface area contributed by atoms with Crippen LogP contribution in [-0.2, 0) is 0 Å². The van der Waals surface area contributed by atoms with Crippen LogP contribution in [0.3, 0.4) is 0 Å². The third-order valence-corrected chi connectivity index (χ3v) is 3.47. The van der Waals surface area contributed by atoms with E-state index in [9.17, 15) is 15.2 Å². The molecule has 0 radical (unpaired) electrons. The van der Waals surface area contributed by atoms with Crippen molar-refractivity contribution in [3.63, 3.8) is 0 Å². The normalized spacial score (nSPS) is 12.0. The molecule has 0 amide bonds. The molecule has 0 bridgehead atoms. The average molecular weight is 340 g/mol. The lowest BCUT2D eigenvalue weighted by atomic mass is 10.1. The van der Waals surface area contributed by atoms with E-state index in [0.29, 0.717) is 11.5 Å². The second-order valence-corrected chi connectivity index (χ2v) is 5.52. The fourth-order valence-corrected chi connectivity index (χ4v) is 2.26. The van der Waals surface area contributed by atoms with Crippen molar-refractivity contribution in [2.45, 2.75) is 20.0 Å². The van der Waals surface area contributed by atoms with E-state index in [4.69, 9.17) is 0 Å². The molecule has 2 N–H and O–H groups in total. The van der Waals surface area contributed by atoms with E-state index in [-0.39, 0.29) is 11.6 Å². The summed E-state index contributed by atoms with van der Waals surface area (Å²) in [6, 6.07) is 9.07. The average Bonchev–Trinajstić information content (AvgIpc) is 3.05. The number of anilines is 2. The van der Waals surface area contributed by atoms with Gasteiger partial charge in [-0.05, 0) is 31.5 Å². The molecule has 3 aromatic rings. The van der Waals surface area contributed by atoms with Crippen LogP contribution in [0.15, 0.2) is 42.7 Å². The first kappa shape index (κ1) is 16.5. The summed E-state index contributed by atoms with van der Waals surface area (Å²) in [5.74, 6) is 0.741. The number of hydrogen-bond acceptors (Lipinski definition) is 7. The van der Waals surface area contributed by atoms with Gasteiger partial charge in [0.05, 0.1) is 11.0 Å². The maximum atomic E-state index is 10.8. The largest absolute Gasteiger partial charge is 0.389 e. The van der Waals surface area contributed by atoms with E-state index < -0.39 is 11.0 Å². The second kappa shape index (κ2) is 6.65. The molecule has 0 aliphatic heterocycles. The molecule has 0 aliphatic rings. The Morgan fingerprint density at radius 3 is 2.80 bits per heavy atom. The van der Waals surface area contributed by atoms with Crippen molar-refractivity contribution in [3.8, 4) is 5.95 Å². The molecule has 128 valence electrons. The number of benzene rings is 1. The summed E-state index contributed by atoms with van der Waals surface area (Å²) in [6.07, 6.45) is 1.83. The molecule has 0 saturated carbocycles. The number of aliphatic hydroxyl groups is 1. The summed E-state index contributed by atoms with van der Waals surface area (Å²) < 4.78 is 1.25. The van der Waals surface area contributed by atoms with Crippen LogP contribution < -0.4 is 5.32 Å². The zero-order valence-corrected chi connectivity index (χ0v) is 13.6. The van der Waals surface area contributed by atoms with Crippen molar-refractivity contribution < 1.29 is 10.0 Å². The van der Waals surface area contributed by atoms with Gasteiger partial charge in [-0.2, -0.15) is 14.8 Å². The van der Waals surface area contributed by atoms with Crippen LogP contribution in [0.2, 0.25) is 0 Å². The van der Waals surface area contributed by atoms with Gasteiger partial charge in [0.25, 0.3) is 5.95 Å². The van der Waals surface area contributed by atoms with E-state index in [1.54, 1.807) is 19.9 Å². The van der Waals surface area contributed by atoms with Gasteiger partial charge in [-0.3, -0.25) is 10.1 Å². The number of rotatable bonds is 5. The molecular weight excluding hydrogens is 324 g/mol. The first-order valence-electron chi connectivity index (χ1n) is 7.52. The number of hydrogen-bond donors (Lipinski definition) is 2. The number of nitro groups is 1. The lowest BCUT2D eigenvalue weighted by Crippen LogP contribution is -2.06. The summed E-state index contributed by atoms with van der Waals surface area (Å²) >= 11 is 0. The topological polar surface area (TPSA) is 119 Å². The smallest absolute Gasteiger partial charge is 0.307 e. The van der Waals surface area contributed by atoms with E-state index in [0.717, 1.165) is 17.4 Å². The zero-order chi connectivity index (χ0) is 18.0. The number of aliphatic hydroxyl groups excluding tert-OH is 1. The molecule has 1 aromatic carbocycles. The molecule has 9 heteroatoms. The summed E-state index contributed by atoms with van der Waals surface area (Å²) in [5, 5.41) is 27.5. The van der Waals surface area contributed by atoms with Crippen molar-refractivity contribution in [3.05, 3.63) is 64.1 Å². The maximum absolute atomic E-state index is 10.8. The van der Waals surface area contributed by atoms with Gasteiger partial charge < -0.3 is 10.4 Å². The van der Waals surface area contributed by atoms with Gasteiger partial charge in [-0.1, -0.05) is 12.1 Å². The van der Waals surface area contributed by atoms with Gasteiger partial charge in [0.1, 0.15) is 18.2 Å². The minimum atomic E-state index is -0.575. The minimum Gasteiger partial charge on any atom is -0.389 e. The van der Waals surface area contributed by atoms with E-state index in [1.807, 2.05) is 24.3 Å². The highest BCUT2D eigenvalue weighted by Crippen LogP contribution is 2.21.